The summed E-state index contributed by atoms with van der Waals surface area (Å²) in [6.45, 7) is 0. The number of nitrogens with zero attached hydrogens (tertiary/aromatic N) is 2. The third kappa shape index (κ3) is 2.64. The van der Waals surface area contributed by atoms with Crippen LogP contribution in [-0.4, -0.2) is 31.6 Å². The van der Waals surface area contributed by atoms with Crippen LogP contribution in [0.4, 0.5) is 13.2 Å². The zero-order valence-electron chi connectivity index (χ0n) is 9.98. The molecular weight excluding hydrogens is 279 g/mol. The first-order valence-corrected chi connectivity index (χ1v) is 5.90. The molecule has 2 rings (SSSR count). The smallest absolute Gasteiger partial charge is 0.384 e. The van der Waals surface area contributed by atoms with Gasteiger partial charge in [-0.05, 0) is 12.2 Å². The predicted molar refractivity (Wildman–Crippen MR) is 64.9 cm³/mol. The fourth-order valence-corrected chi connectivity index (χ4v) is 2.17. The Morgan fingerprint density at radius 1 is 1.53 bits per heavy atom. The van der Waals surface area contributed by atoms with Gasteiger partial charge in [-0.25, -0.2) is 0 Å². The first kappa shape index (κ1) is 14.0. The van der Waals surface area contributed by atoms with Crippen LogP contribution in [0.2, 0.25) is 0 Å². The number of allylic oxidation sites excluding steroid dienone is 2. The summed E-state index contributed by atoms with van der Waals surface area (Å²) in [5.41, 5.74) is -2.05. The van der Waals surface area contributed by atoms with E-state index in [1.807, 2.05) is 0 Å². The third-order valence-corrected chi connectivity index (χ3v) is 3.47. The van der Waals surface area contributed by atoms with Crippen LogP contribution in [-0.2, 0) is 13.5 Å². The second-order valence-electron chi connectivity index (χ2n) is 4.44. The Kier molecular flexibility index (Phi) is 3.40. The molecule has 1 aromatic heterocycles. The van der Waals surface area contributed by atoms with Crippen molar-refractivity contribution in [2.45, 2.75) is 18.2 Å². The molecule has 0 aliphatic heterocycles. The highest BCUT2D eigenvalue weighted by Gasteiger charge is 2.51. The fourth-order valence-electron chi connectivity index (χ4n) is 2.02. The number of halogens is 3. The van der Waals surface area contributed by atoms with Crippen molar-refractivity contribution in [1.29, 1.82) is 0 Å². The van der Waals surface area contributed by atoms with Crippen molar-refractivity contribution < 1.29 is 18.3 Å². The molecule has 0 amide bonds. The number of hydrogen-bond donors (Lipinski definition) is 2. The Morgan fingerprint density at radius 2 is 2.21 bits per heavy atom. The van der Waals surface area contributed by atoms with E-state index in [1.165, 1.54) is 16.7 Å². The van der Waals surface area contributed by atoms with Crippen molar-refractivity contribution in [2.24, 2.45) is 13.0 Å². The molecule has 0 radical (unpaired) electrons. The minimum Gasteiger partial charge on any atom is -0.384 e. The van der Waals surface area contributed by atoms with Gasteiger partial charge in [0.25, 0.3) is 0 Å². The fraction of sp³-hybridized carbons (Fsp3) is 0.455. The lowest BCUT2D eigenvalue weighted by Gasteiger charge is -2.34. The van der Waals surface area contributed by atoms with Crippen LogP contribution in [0.1, 0.15) is 5.82 Å². The Hall–Kier alpha value is -1.41. The monoisotopic (exact) mass is 291 g/mol. The predicted octanol–water partition coefficient (Wildman–Crippen LogP) is 2.06. The quantitative estimate of drug-likeness (QED) is 0.820. The van der Waals surface area contributed by atoms with Gasteiger partial charge in [0, 0.05) is 13.5 Å². The van der Waals surface area contributed by atoms with Crippen LogP contribution >= 0.6 is 12.2 Å². The molecule has 0 bridgehead atoms. The van der Waals surface area contributed by atoms with Gasteiger partial charge in [0.1, 0.15) is 17.3 Å². The molecule has 8 heteroatoms. The first-order valence-electron chi connectivity index (χ1n) is 5.49. The van der Waals surface area contributed by atoms with E-state index < -0.39 is 17.7 Å². The highest BCUT2D eigenvalue weighted by atomic mass is 32.1. The van der Waals surface area contributed by atoms with E-state index in [-0.39, 0.29) is 17.0 Å². The summed E-state index contributed by atoms with van der Waals surface area (Å²) in [5.74, 6) is -1.70. The molecule has 4 nitrogen and oxygen atoms in total. The number of aromatic amines is 1. The summed E-state index contributed by atoms with van der Waals surface area (Å²) >= 11 is 4.89. The molecule has 0 spiro atoms. The van der Waals surface area contributed by atoms with Crippen molar-refractivity contribution >= 4 is 12.2 Å². The molecule has 1 aliphatic rings. The lowest BCUT2D eigenvalue weighted by atomic mass is 9.80. The van der Waals surface area contributed by atoms with Crippen LogP contribution < -0.4 is 0 Å². The van der Waals surface area contributed by atoms with Crippen LogP contribution in [0.3, 0.4) is 0 Å². The van der Waals surface area contributed by atoms with Crippen molar-refractivity contribution in [2.75, 3.05) is 0 Å². The molecule has 0 saturated carbocycles. The number of H-pyrrole nitrogens is 1. The Labute approximate surface area is 112 Å². The second kappa shape index (κ2) is 4.61. The van der Waals surface area contributed by atoms with Crippen LogP contribution in [0, 0.1) is 10.7 Å². The van der Waals surface area contributed by atoms with E-state index in [0.29, 0.717) is 0 Å². The summed E-state index contributed by atoms with van der Waals surface area (Å²) < 4.78 is 40.6. The van der Waals surface area contributed by atoms with Crippen LogP contribution in [0.15, 0.2) is 24.3 Å². The third-order valence-electron chi connectivity index (χ3n) is 3.10. The molecule has 0 aromatic carbocycles. The number of aliphatic hydroxyl groups is 1. The maximum Gasteiger partial charge on any atom is 0.398 e. The number of hydrogen-bond acceptors (Lipinski definition) is 3. The van der Waals surface area contributed by atoms with Crippen LogP contribution in [0.25, 0.3) is 0 Å². The van der Waals surface area contributed by atoms with Gasteiger partial charge in [0.15, 0.2) is 4.77 Å². The second-order valence-corrected chi connectivity index (χ2v) is 4.82. The van der Waals surface area contributed by atoms with Crippen molar-refractivity contribution in [1.82, 2.24) is 14.8 Å². The van der Waals surface area contributed by atoms with Gasteiger partial charge in [-0.2, -0.15) is 18.3 Å². The van der Waals surface area contributed by atoms with Gasteiger partial charge in [-0.3, -0.25) is 5.10 Å². The molecule has 19 heavy (non-hydrogen) atoms. The molecule has 0 saturated heterocycles. The first-order chi connectivity index (χ1) is 8.74. The lowest BCUT2D eigenvalue weighted by molar-refractivity contribution is -0.200. The average Bonchev–Trinajstić information content (AvgIpc) is 2.59. The maximum atomic E-state index is 12.9. The van der Waals surface area contributed by atoms with Crippen molar-refractivity contribution in [3.63, 3.8) is 0 Å². The van der Waals surface area contributed by atoms with Crippen molar-refractivity contribution in [3.8, 4) is 0 Å². The summed E-state index contributed by atoms with van der Waals surface area (Å²) in [5, 5.41) is 16.6. The summed E-state index contributed by atoms with van der Waals surface area (Å²) in [4.78, 5) is 0. The Bertz CT molecular complexity index is 587. The van der Waals surface area contributed by atoms with Gasteiger partial charge < -0.3 is 9.67 Å². The van der Waals surface area contributed by atoms with Gasteiger partial charge in [-0.1, -0.05) is 24.3 Å². The molecule has 2 N–H and O–H groups in total. The van der Waals surface area contributed by atoms with E-state index in [1.54, 1.807) is 7.05 Å². The molecule has 1 heterocycles. The van der Waals surface area contributed by atoms with Gasteiger partial charge in [0.05, 0.1) is 0 Å². The molecular formula is C11H12F3N3OS. The molecule has 1 aliphatic carbocycles. The van der Waals surface area contributed by atoms with Crippen molar-refractivity contribution in [3.05, 3.63) is 34.9 Å². The number of rotatable bonds is 2. The average molecular weight is 291 g/mol. The lowest BCUT2D eigenvalue weighted by Crippen LogP contribution is -2.46. The van der Waals surface area contributed by atoms with Gasteiger partial charge >= 0.3 is 6.18 Å². The number of nitrogens with one attached hydrogen (secondary N) is 1. The summed E-state index contributed by atoms with van der Waals surface area (Å²) in [7, 11) is 1.58. The SMILES string of the molecule is Cn1c(CC2(O)C=CC=CC2C(F)(F)F)n[nH]c1=S. The molecule has 104 valence electrons. The molecule has 0 fully saturated rings. The Balaban J connectivity index is 2.35. The normalized spacial score (nSPS) is 26.9. The van der Waals surface area contributed by atoms with Gasteiger partial charge in [0.2, 0.25) is 0 Å². The molecule has 1 aromatic rings. The van der Waals surface area contributed by atoms with E-state index >= 15 is 0 Å². The highest BCUT2D eigenvalue weighted by molar-refractivity contribution is 7.71. The minimum atomic E-state index is -4.53. The summed E-state index contributed by atoms with van der Waals surface area (Å²) in [6.07, 6.45) is -0.0489. The van der Waals surface area contributed by atoms with E-state index in [4.69, 9.17) is 12.2 Å². The maximum absolute atomic E-state index is 12.9. The van der Waals surface area contributed by atoms with E-state index in [0.717, 1.165) is 12.2 Å². The highest BCUT2D eigenvalue weighted by Crippen LogP contribution is 2.39. The summed E-state index contributed by atoms with van der Waals surface area (Å²) in [6, 6.07) is 0. The number of alkyl halides is 3. The van der Waals surface area contributed by atoms with Crippen LogP contribution in [0.5, 0.6) is 0 Å². The zero-order chi connectivity index (χ0) is 14.3. The molecule has 2 unspecified atom stereocenters. The topological polar surface area (TPSA) is 53.8 Å². The minimum absolute atomic E-state index is 0.265. The van der Waals surface area contributed by atoms with Gasteiger partial charge in [-0.15, -0.1) is 0 Å². The Morgan fingerprint density at radius 3 is 2.74 bits per heavy atom. The zero-order valence-corrected chi connectivity index (χ0v) is 10.8. The number of aromatic nitrogens is 3. The van der Waals surface area contributed by atoms with E-state index in [9.17, 15) is 18.3 Å². The molecule has 2 atom stereocenters. The largest absolute Gasteiger partial charge is 0.398 e. The van der Waals surface area contributed by atoms with E-state index in [2.05, 4.69) is 10.2 Å². The standard InChI is InChI=1S/C11H12F3N3OS/c1-17-8(15-16-9(17)19)6-10(18)5-3-2-4-7(10)11(12,13)14/h2-5,7,18H,6H2,1H3,(H,16,19).